The Morgan fingerprint density at radius 2 is 2.27 bits per heavy atom. The molecule has 0 saturated heterocycles. The number of hydrogen-bond donors (Lipinski definition) is 0. The Morgan fingerprint density at radius 3 is 2.73 bits per heavy atom. The van der Waals surface area contributed by atoms with Crippen LogP contribution in [0, 0.1) is 0 Å². The van der Waals surface area contributed by atoms with Gasteiger partial charge < -0.3 is 9.64 Å². The van der Waals surface area contributed by atoms with Crippen LogP contribution in [0.1, 0.15) is 9.67 Å². The summed E-state index contributed by atoms with van der Waals surface area (Å²) in [6.45, 7) is 1.15. The second-order valence-corrected chi connectivity index (χ2v) is 6.18. The average molecular weight is 357 g/mol. The van der Waals surface area contributed by atoms with Crippen molar-refractivity contribution < 1.29 is 9.53 Å². The highest BCUT2D eigenvalue weighted by Crippen LogP contribution is 2.32. The molecule has 0 spiro atoms. The van der Waals surface area contributed by atoms with Crippen LogP contribution in [0.3, 0.4) is 0 Å². The maximum atomic E-state index is 11.9. The topological polar surface area (TPSA) is 29.5 Å². The smallest absolute Gasteiger partial charge is 0.263 e. The summed E-state index contributed by atoms with van der Waals surface area (Å²) >= 11 is 8.14. The van der Waals surface area contributed by atoms with E-state index < -0.39 is 0 Å². The van der Waals surface area contributed by atoms with Crippen LogP contribution in [0.15, 0.2) is 14.3 Å². The molecule has 0 N–H and O–H groups in total. The van der Waals surface area contributed by atoms with Crippen LogP contribution in [-0.4, -0.2) is 38.1 Å². The van der Waals surface area contributed by atoms with E-state index in [1.54, 1.807) is 19.1 Å². The van der Waals surface area contributed by atoms with Crippen molar-refractivity contribution >= 4 is 49.1 Å². The number of likely N-dealkylation sites (N-methyl/N-ethyl adjacent to an activating group) is 1. The molecule has 0 unspecified atom stereocenters. The summed E-state index contributed by atoms with van der Waals surface area (Å²) in [6.07, 6.45) is 0. The standard InChI is InChI=1S/C9H11Br2NO2S/c1-12(3-4-14-2)9(13)7-5-6(10)8(11)15-7/h5H,3-4H2,1-2H3. The lowest BCUT2D eigenvalue weighted by Crippen LogP contribution is -2.29. The zero-order valence-electron chi connectivity index (χ0n) is 8.42. The molecule has 84 valence electrons. The third-order valence-electron chi connectivity index (χ3n) is 1.83. The van der Waals surface area contributed by atoms with E-state index in [-0.39, 0.29) is 5.91 Å². The van der Waals surface area contributed by atoms with Gasteiger partial charge in [0.2, 0.25) is 0 Å². The highest BCUT2D eigenvalue weighted by molar-refractivity contribution is 9.13. The predicted molar refractivity (Wildman–Crippen MR) is 68.6 cm³/mol. The monoisotopic (exact) mass is 355 g/mol. The Hall–Kier alpha value is 0.0900. The lowest BCUT2D eigenvalue weighted by molar-refractivity contribution is 0.0749. The molecule has 0 fully saturated rings. The van der Waals surface area contributed by atoms with Crippen LogP contribution in [0.4, 0.5) is 0 Å². The maximum Gasteiger partial charge on any atom is 0.263 e. The quantitative estimate of drug-likeness (QED) is 0.829. The molecule has 1 rings (SSSR count). The second kappa shape index (κ2) is 5.98. The first kappa shape index (κ1) is 13.2. The molecule has 0 aromatic carbocycles. The number of methoxy groups -OCH3 is 1. The van der Waals surface area contributed by atoms with E-state index in [4.69, 9.17) is 4.74 Å². The maximum absolute atomic E-state index is 11.9. The Balaban J connectivity index is 2.67. The van der Waals surface area contributed by atoms with Crippen molar-refractivity contribution in [2.45, 2.75) is 0 Å². The fourth-order valence-electron chi connectivity index (χ4n) is 0.970. The summed E-state index contributed by atoms with van der Waals surface area (Å²) in [7, 11) is 3.39. The summed E-state index contributed by atoms with van der Waals surface area (Å²) in [5.74, 6) is 0.0171. The van der Waals surface area contributed by atoms with E-state index in [0.29, 0.717) is 18.0 Å². The first-order valence-corrected chi connectivity index (χ1v) is 6.65. The van der Waals surface area contributed by atoms with E-state index in [1.807, 2.05) is 6.07 Å². The molecule has 0 bridgehead atoms. The van der Waals surface area contributed by atoms with Crippen LogP contribution >= 0.6 is 43.2 Å². The van der Waals surface area contributed by atoms with Crippen molar-refractivity contribution in [2.75, 3.05) is 27.3 Å². The van der Waals surface area contributed by atoms with Gasteiger partial charge in [0.05, 0.1) is 15.3 Å². The molecule has 1 heterocycles. The van der Waals surface area contributed by atoms with Gasteiger partial charge in [-0.05, 0) is 37.9 Å². The highest BCUT2D eigenvalue weighted by Gasteiger charge is 2.15. The average Bonchev–Trinajstić information content (AvgIpc) is 2.54. The lowest BCUT2D eigenvalue weighted by atomic mass is 10.4. The van der Waals surface area contributed by atoms with Crippen LogP contribution < -0.4 is 0 Å². The van der Waals surface area contributed by atoms with E-state index in [9.17, 15) is 4.79 Å². The third kappa shape index (κ3) is 3.55. The van der Waals surface area contributed by atoms with Gasteiger partial charge in [0.15, 0.2) is 0 Å². The number of halogens is 2. The summed E-state index contributed by atoms with van der Waals surface area (Å²) in [5.41, 5.74) is 0. The molecule has 1 aromatic rings. The summed E-state index contributed by atoms with van der Waals surface area (Å²) in [4.78, 5) is 14.2. The number of carbonyl (C=O) groups excluding carboxylic acids is 1. The molecule has 3 nitrogen and oxygen atoms in total. The Kier molecular flexibility index (Phi) is 5.25. The van der Waals surface area contributed by atoms with Crippen LogP contribution in [0.25, 0.3) is 0 Å². The fourth-order valence-corrected chi connectivity index (χ4v) is 3.00. The minimum Gasteiger partial charge on any atom is -0.383 e. The Morgan fingerprint density at radius 1 is 1.60 bits per heavy atom. The van der Waals surface area contributed by atoms with Crippen molar-refractivity contribution in [3.8, 4) is 0 Å². The van der Waals surface area contributed by atoms with Gasteiger partial charge >= 0.3 is 0 Å². The van der Waals surface area contributed by atoms with E-state index in [0.717, 1.165) is 8.26 Å². The molecule has 1 aromatic heterocycles. The van der Waals surface area contributed by atoms with Gasteiger partial charge in [0.25, 0.3) is 5.91 Å². The largest absolute Gasteiger partial charge is 0.383 e. The molecule has 15 heavy (non-hydrogen) atoms. The number of ether oxygens (including phenoxy) is 1. The molecule has 0 aliphatic heterocycles. The van der Waals surface area contributed by atoms with Crippen LogP contribution in [0.5, 0.6) is 0 Å². The van der Waals surface area contributed by atoms with Crippen molar-refractivity contribution in [3.05, 3.63) is 19.2 Å². The summed E-state index contributed by atoms with van der Waals surface area (Å²) in [6, 6.07) is 1.82. The van der Waals surface area contributed by atoms with E-state index >= 15 is 0 Å². The van der Waals surface area contributed by atoms with Crippen molar-refractivity contribution in [3.63, 3.8) is 0 Å². The predicted octanol–water partition coefficient (Wildman–Crippen LogP) is 2.99. The number of rotatable bonds is 4. The van der Waals surface area contributed by atoms with Gasteiger partial charge in [0.1, 0.15) is 0 Å². The molecule has 1 amide bonds. The minimum atomic E-state index is 0.0171. The third-order valence-corrected chi connectivity index (χ3v) is 5.08. The first-order valence-electron chi connectivity index (χ1n) is 4.25. The zero-order chi connectivity index (χ0) is 11.4. The summed E-state index contributed by atoms with van der Waals surface area (Å²) in [5, 5.41) is 0. The molecular weight excluding hydrogens is 346 g/mol. The van der Waals surface area contributed by atoms with Gasteiger partial charge in [-0.15, -0.1) is 11.3 Å². The van der Waals surface area contributed by atoms with Gasteiger partial charge in [-0.2, -0.15) is 0 Å². The van der Waals surface area contributed by atoms with Crippen molar-refractivity contribution in [1.29, 1.82) is 0 Å². The van der Waals surface area contributed by atoms with Gasteiger partial charge in [0, 0.05) is 25.2 Å². The number of thiophene rings is 1. The Bertz CT molecular complexity index is 334. The van der Waals surface area contributed by atoms with Crippen molar-refractivity contribution in [2.24, 2.45) is 0 Å². The Labute approximate surface area is 110 Å². The number of hydrogen-bond acceptors (Lipinski definition) is 3. The molecule has 0 aliphatic carbocycles. The SMILES string of the molecule is COCCN(C)C(=O)c1cc(Br)c(Br)s1. The van der Waals surface area contributed by atoms with E-state index in [1.165, 1.54) is 11.3 Å². The van der Waals surface area contributed by atoms with Gasteiger partial charge in [-0.1, -0.05) is 0 Å². The zero-order valence-corrected chi connectivity index (χ0v) is 12.4. The fraction of sp³-hybridized carbons (Fsp3) is 0.444. The van der Waals surface area contributed by atoms with Gasteiger partial charge in [-0.3, -0.25) is 4.79 Å². The van der Waals surface area contributed by atoms with Gasteiger partial charge in [-0.25, -0.2) is 0 Å². The molecule has 0 aliphatic rings. The number of amides is 1. The number of carbonyl (C=O) groups is 1. The first-order chi connectivity index (χ1) is 7.06. The number of nitrogens with zero attached hydrogens (tertiary/aromatic N) is 1. The summed E-state index contributed by atoms with van der Waals surface area (Å²) < 4.78 is 6.77. The molecule has 6 heteroatoms. The second-order valence-electron chi connectivity index (χ2n) is 2.95. The molecular formula is C9H11Br2NO2S. The molecule has 0 saturated carbocycles. The molecule has 0 radical (unpaired) electrons. The van der Waals surface area contributed by atoms with E-state index in [2.05, 4.69) is 31.9 Å². The minimum absolute atomic E-state index is 0.0171. The lowest BCUT2D eigenvalue weighted by Gasteiger charge is -2.15. The van der Waals surface area contributed by atoms with Crippen LogP contribution in [-0.2, 0) is 4.74 Å². The normalized spacial score (nSPS) is 10.4. The molecule has 0 atom stereocenters. The van der Waals surface area contributed by atoms with Crippen LogP contribution in [0.2, 0.25) is 0 Å². The van der Waals surface area contributed by atoms with Crippen molar-refractivity contribution in [1.82, 2.24) is 4.90 Å². The highest BCUT2D eigenvalue weighted by atomic mass is 79.9.